The number of hydrogen-bond donors (Lipinski definition) is 1. The third-order valence-electron chi connectivity index (χ3n) is 2.70. The quantitative estimate of drug-likeness (QED) is 0.425. The minimum Gasteiger partial charge on any atom is -0.376 e. The van der Waals surface area contributed by atoms with Crippen molar-refractivity contribution in [1.82, 2.24) is 5.32 Å². The predicted octanol–water partition coefficient (Wildman–Crippen LogP) is 8.44. The van der Waals surface area contributed by atoms with E-state index in [1.165, 1.54) is 6.42 Å². The molecule has 0 unspecified atom stereocenters. The predicted molar refractivity (Wildman–Crippen MR) is 137 cm³/mol. The molecule has 0 radical (unpaired) electrons. The molecule has 0 saturated heterocycles. The summed E-state index contributed by atoms with van der Waals surface area (Å²) < 4.78 is 5.25. The Balaban J connectivity index is -0.000000137. The molecular weight excluding hydrogens is 362 g/mol. The zero-order valence-electron chi connectivity index (χ0n) is 22.6. The normalized spacial score (nSPS) is 11.1. The van der Waals surface area contributed by atoms with Gasteiger partial charge in [-0.1, -0.05) is 83.1 Å². The molecular formula is C25H59NOS. The molecule has 0 amide bonds. The van der Waals surface area contributed by atoms with Gasteiger partial charge in [-0.2, -0.15) is 11.8 Å². The maximum Gasteiger partial charge on any atom is 0.0522 e. The van der Waals surface area contributed by atoms with Crippen LogP contribution in [0.3, 0.4) is 0 Å². The first-order chi connectivity index (χ1) is 12.5. The standard InChI is InChI=1S/C7H16.C6H15N.C6H14O.C6H14S/c1-6(2)5-7(3)4;3*1-5(2)7-6(3)4/h6-7H,5H2,1-4H3;5-7H,1-4H3;2*5-6H,1-4H3. The van der Waals surface area contributed by atoms with Gasteiger partial charge in [0.2, 0.25) is 0 Å². The molecule has 0 atom stereocenters. The summed E-state index contributed by atoms with van der Waals surface area (Å²) >= 11 is 2.01. The van der Waals surface area contributed by atoms with Gasteiger partial charge in [0.05, 0.1) is 12.2 Å². The smallest absolute Gasteiger partial charge is 0.0522 e. The van der Waals surface area contributed by atoms with E-state index in [9.17, 15) is 0 Å². The highest BCUT2D eigenvalue weighted by Crippen LogP contribution is 2.14. The van der Waals surface area contributed by atoms with Crippen molar-refractivity contribution in [3.05, 3.63) is 0 Å². The van der Waals surface area contributed by atoms with Crippen molar-refractivity contribution in [1.29, 1.82) is 0 Å². The molecule has 0 saturated carbocycles. The van der Waals surface area contributed by atoms with Crippen molar-refractivity contribution < 1.29 is 4.74 Å². The summed E-state index contributed by atoms with van der Waals surface area (Å²) in [5, 5.41) is 4.89. The molecule has 0 aromatic heterocycles. The fourth-order valence-corrected chi connectivity index (χ4v) is 3.79. The summed E-state index contributed by atoms with van der Waals surface area (Å²) in [7, 11) is 0. The molecule has 0 aromatic rings. The van der Waals surface area contributed by atoms with Crippen LogP contribution in [0.1, 0.15) is 117 Å². The van der Waals surface area contributed by atoms with Gasteiger partial charge in [-0.25, -0.2) is 0 Å². The third kappa shape index (κ3) is 63.4. The van der Waals surface area contributed by atoms with Crippen molar-refractivity contribution in [2.75, 3.05) is 0 Å². The van der Waals surface area contributed by atoms with Gasteiger partial charge in [0.15, 0.2) is 0 Å². The van der Waals surface area contributed by atoms with Crippen molar-refractivity contribution in [3.63, 3.8) is 0 Å². The van der Waals surface area contributed by atoms with Crippen LogP contribution in [0.15, 0.2) is 0 Å². The first kappa shape index (κ1) is 35.7. The first-order valence-electron chi connectivity index (χ1n) is 11.6. The van der Waals surface area contributed by atoms with E-state index in [2.05, 4.69) is 88.4 Å². The monoisotopic (exact) mass is 421 g/mol. The van der Waals surface area contributed by atoms with E-state index in [-0.39, 0.29) is 0 Å². The largest absolute Gasteiger partial charge is 0.376 e. The van der Waals surface area contributed by atoms with Crippen molar-refractivity contribution >= 4 is 11.8 Å². The van der Waals surface area contributed by atoms with Crippen LogP contribution in [0, 0.1) is 11.8 Å². The van der Waals surface area contributed by atoms with Gasteiger partial charge in [-0.3, -0.25) is 0 Å². The second-order valence-corrected chi connectivity index (χ2v) is 12.1. The second-order valence-electron chi connectivity index (χ2n) is 9.97. The fraction of sp³-hybridized carbons (Fsp3) is 1.00. The number of thioether (sulfide) groups is 1. The molecule has 0 rings (SSSR count). The lowest BCUT2D eigenvalue weighted by atomic mass is 10.0. The maximum absolute atomic E-state index is 5.25. The van der Waals surface area contributed by atoms with Crippen LogP contribution in [0.25, 0.3) is 0 Å². The molecule has 0 spiro atoms. The molecule has 0 aliphatic carbocycles. The van der Waals surface area contributed by atoms with E-state index in [4.69, 9.17) is 4.74 Å². The Kier molecular flexibility index (Phi) is 30.0. The summed E-state index contributed by atoms with van der Waals surface area (Å²) in [5.41, 5.74) is 0. The molecule has 0 fully saturated rings. The lowest BCUT2D eigenvalue weighted by Crippen LogP contribution is -2.29. The SMILES string of the molecule is CC(C)CC(C)C.CC(C)NC(C)C.CC(C)OC(C)C.CC(C)SC(C)C. The molecule has 0 aliphatic heterocycles. The van der Waals surface area contributed by atoms with Gasteiger partial charge in [0, 0.05) is 12.1 Å². The zero-order valence-corrected chi connectivity index (χ0v) is 23.5. The Bertz CT molecular complexity index is 192. The average molecular weight is 422 g/mol. The molecule has 0 heterocycles. The van der Waals surface area contributed by atoms with Crippen LogP contribution in [-0.2, 0) is 4.74 Å². The van der Waals surface area contributed by atoms with Crippen LogP contribution in [-0.4, -0.2) is 34.8 Å². The second kappa shape index (κ2) is 23.5. The van der Waals surface area contributed by atoms with E-state index in [1.54, 1.807) is 0 Å². The van der Waals surface area contributed by atoms with Crippen LogP contribution >= 0.6 is 11.8 Å². The number of rotatable bonds is 8. The summed E-state index contributed by atoms with van der Waals surface area (Å²) in [6, 6.07) is 1.25. The van der Waals surface area contributed by atoms with Crippen molar-refractivity contribution in [2.24, 2.45) is 11.8 Å². The van der Waals surface area contributed by atoms with Crippen LogP contribution in [0.5, 0.6) is 0 Å². The minimum atomic E-state index is 0.375. The minimum absolute atomic E-state index is 0.375. The van der Waals surface area contributed by atoms with Crippen LogP contribution < -0.4 is 5.32 Å². The molecule has 176 valence electrons. The summed E-state index contributed by atoms with van der Waals surface area (Å²) in [5.74, 6) is 1.75. The fourth-order valence-electron chi connectivity index (χ4n) is 2.70. The zero-order chi connectivity index (χ0) is 23.4. The lowest BCUT2D eigenvalue weighted by Gasteiger charge is -2.10. The van der Waals surface area contributed by atoms with Crippen molar-refractivity contribution in [3.8, 4) is 0 Å². The molecule has 3 heteroatoms. The van der Waals surface area contributed by atoms with Crippen LogP contribution in [0.4, 0.5) is 0 Å². The Labute approximate surface area is 185 Å². The Morgan fingerprint density at radius 3 is 0.821 bits per heavy atom. The molecule has 0 aliphatic rings. The van der Waals surface area contributed by atoms with Gasteiger partial charge in [-0.05, 0) is 56.5 Å². The maximum atomic E-state index is 5.25. The molecule has 28 heavy (non-hydrogen) atoms. The summed E-state index contributed by atoms with van der Waals surface area (Å²) in [4.78, 5) is 0. The highest BCUT2D eigenvalue weighted by molar-refractivity contribution is 8.00. The van der Waals surface area contributed by atoms with E-state index in [0.717, 1.165) is 22.3 Å². The Morgan fingerprint density at radius 1 is 0.536 bits per heavy atom. The van der Waals surface area contributed by atoms with E-state index in [0.29, 0.717) is 24.3 Å². The van der Waals surface area contributed by atoms with Gasteiger partial charge in [0.1, 0.15) is 0 Å². The number of hydrogen-bond acceptors (Lipinski definition) is 3. The molecule has 2 nitrogen and oxygen atoms in total. The van der Waals surface area contributed by atoms with Gasteiger partial charge >= 0.3 is 0 Å². The molecule has 0 aromatic carbocycles. The highest BCUT2D eigenvalue weighted by Gasteiger charge is 1.96. The first-order valence-corrected chi connectivity index (χ1v) is 12.5. The van der Waals surface area contributed by atoms with E-state index in [1.807, 2.05) is 39.5 Å². The van der Waals surface area contributed by atoms with E-state index >= 15 is 0 Å². The lowest BCUT2D eigenvalue weighted by molar-refractivity contribution is 0.0300. The molecule has 1 N–H and O–H groups in total. The topological polar surface area (TPSA) is 21.3 Å². The number of ether oxygens (including phenoxy) is 1. The highest BCUT2D eigenvalue weighted by atomic mass is 32.2. The summed E-state index contributed by atoms with van der Waals surface area (Å²) in [6.45, 7) is 34.7. The Hall–Kier alpha value is 0.270. The van der Waals surface area contributed by atoms with E-state index < -0.39 is 0 Å². The summed E-state index contributed by atoms with van der Waals surface area (Å²) in [6.07, 6.45) is 2.11. The van der Waals surface area contributed by atoms with Crippen LogP contribution in [0.2, 0.25) is 0 Å². The average Bonchev–Trinajstić information content (AvgIpc) is 2.32. The van der Waals surface area contributed by atoms with Gasteiger partial charge < -0.3 is 10.1 Å². The van der Waals surface area contributed by atoms with Gasteiger partial charge in [0.25, 0.3) is 0 Å². The Morgan fingerprint density at radius 2 is 0.821 bits per heavy atom. The van der Waals surface area contributed by atoms with Crippen molar-refractivity contribution in [2.45, 2.75) is 152 Å². The third-order valence-corrected chi connectivity index (χ3v) is 3.79. The number of nitrogens with one attached hydrogen (secondary N) is 1. The van der Waals surface area contributed by atoms with Gasteiger partial charge in [-0.15, -0.1) is 0 Å². The molecule has 0 bridgehead atoms.